The van der Waals surface area contributed by atoms with E-state index in [9.17, 15) is 0 Å². The van der Waals surface area contributed by atoms with Gasteiger partial charge in [-0.25, -0.2) is 4.98 Å². The molecule has 0 saturated heterocycles. The number of nitrogen functional groups attached to an aromatic ring is 2. The smallest absolute Gasteiger partial charge is 0.423 e. The van der Waals surface area contributed by atoms with Gasteiger partial charge in [0, 0.05) is 5.46 Å². The van der Waals surface area contributed by atoms with Crippen molar-refractivity contribution in [1.82, 2.24) is 9.97 Å². The van der Waals surface area contributed by atoms with Gasteiger partial charge >= 0.3 is 7.12 Å². The standard InChI is InChI=1S/C7H9BN4O2/c9-5-3(8(13)14)1-2-4-6(5)12-7(10)11-4/h1-2,13-14H,9H2,(H3,10,11,12). The van der Waals surface area contributed by atoms with Crippen molar-refractivity contribution in [1.29, 1.82) is 0 Å². The number of aromatic amines is 1. The van der Waals surface area contributed by atoms with Crippen molar-refractivity contribution in [2.24, 2.45) is 0 Å². The zero-order chi connectivity index (χ0) is 10.3. The molecule has 0 bridgehead atoms. The number of imidazole rings is 1. The number of H-pyrrole nitrogens is 1. The Bertz CT molecular complexity index is 482. The summed E-state index contributed by atoms with van der Waals surface area (Å²) in [4.78, 5) is 6.72. The Hall–Kier alpha value is -1.73. The van der Waals surface area contributed by atoms with Crippen LogP contribution in [-0.4, -0.2) is 27.1 Å². The maximum absolute atomic E-state index is 8.98. The molecule has 0 radical (unpaired) electrons. The van der Waals surface area contributed by atoms with Gasteiger partial charge in [0.05, 0.1) is 11.2 Å². The first-order valence-corrected chi connectivity index (χ1v) is 3.99. The second-order valence-corrected chi connectivity index (χ2v) is 2.96. The highest BCUT2D eigenvalue weighted by molar-refractivity contribution is 6.61. The van der Waals surface area contributed by atoms with Crippen molar-refractivity contribution in [2.45, 2.75) is 0 Å². The second-order valence-electron chi connectivity index (χ2n) is 2.96. The summed E-state index contributed by atoms with van der Waals surface area (Å²) in [5.41, 5.74) is 12.7. The van der Waals surface area contributed by atoms with Gasteiger partial charge in [0.25, 0.3) is 0 Å². The molecule has 0 aliphatic heterocycles. The molecule has 0 fully saturated rings. The quantitative estimate of drug-likeness (QED) is 0.275. The average Bonchev–Trinajstić information content (AvgIpc) is 2.46. The number of nitrogens with one attached hydrogen (secondary N) is 1. The number of benzene rings is 1. The third-order valence-electron chi connectivity index (χ3n) is 2.02. The SMILES string of the molecule is Nc1nc2c(N)c(B(O)O)ccc2[nH]1. The first-order chi connectivity index (χ1) is 6.59. The number of hydrogen-bond donors (Lipinski definition) is 5. The lowest BCUT2D eigenvalue weighted by molar-refractivity contribution is 0.426. The van der Waals surface area contributed by atoms with Crippen LogP contribution in [0.3, 0.4) is 0 Å². The number of anilines is 2. The van der Waals surface area contributed by atoms with Gasteiger partial charge in [-0.05, 0) is 6.07 Å². The number of nitrogens with zero attached hydrogens (tertiary/aromatic N) is 1. The van der Waals surface area contributed by atoms with E-state index in [4.69, 9.17) is 21.5 Å². The zero-order valence-electron chi connectivity index (χ0n) is 7.23. The minimum atomic E-state index is -1.60. The van der Waals surface area contributed by atoms with Crippen LogP contribution in [-0.2, 0) is 0 Å². The van der Waals surface area contributed by atoms with Crippen molar-refractivity contribution >= 4 is 35.3 Å². The minimum absolute atomic E-state index is 0.226. The molecule has 0 spiro atoms. The monoisotopic (exact) mass is 192 g/mol. The molecule has 0 aliphatic carbocycles. The molecule has 14 heavy (non-hydrogen) atoms. The van der Waals surface area contributed by atoms with Crippen LogP contribution < -0.4 is 16.9 Å². The zero-order valence-corrected chi connectivity index (χ0v) is 7.23. The van der Waals surface area contributed by atoms with Gasteiger partial charge in [-0.2, -0.15) is 0 Å². The third-order valence-corrected chi connectivity index (χ3v) is 2.02. The van der Waals surface area contributed by atoms with Crippen molar-refractivity contribution in [3.05, 3.63) is 12.1 Å². The second kappa shape index (κ2) is 2.90. The fraction of sp³-hybridized carbons (Fsp3) is 0. The van der Waals surface area contributed by atoms with Crippen LogP contribution in [0.2, 0.25) is 0 Å². The minimum Gasteiger partial charge on any atom is -0.423 e. The van der Waals surface area contributed by atoms with E-state index in [-0.39, 0.29) is 17.1 Å². The van der Waals surface area contributed by atoms with E-state index in [0.717, 1.165) is 0 Å². The van der Waals surface area contributed by atoms with Gasteiger partial charge in [0.2, 0.25) is 0 Å². The van der Waals surface area contributed by atoms with Crippen LogP contribution in [0, 0.1) is 0 Å². The maximum Gasteiger partial charge on any atom is 0.490 e. The van der Waals surface area contributed by atoms with Gasteiger partial charge in [0.1, 0.15) is 5.52 Å². The van der Waals surface area contributed by atoms with E-state index < -0.39 is 7.12 Å². The predicted octanol–water partition coefficient (Wildman–Crippen LogP) is -1.59. The molecule has 1 aromatic carbocycles. The summed E-state index contributed by atoms with van der Waals surface area (Å²) in [5.74, 6) is 0.247. The first-order valence-electron chi connectivity index (χ1n) is 3.99. The van der Waals surface area contributed by atoms with Crippen LogP contribution in [0.15, 0.2) is 12.1 Å². The van der Waals surface area contributed by atoms with Crippen molar-refractivity contribution < 1.29 is 10.0 Å². The maximum atomic E-state index is 8.98. The molecule has 6 nitrogen and oxygen atoms in total. The Morgan fingerprint density at radius 1 is 1.29 bits per heavy atom. The lowest BCUT2D eigenvalue weighted by Crippen LogP contribution is -2.32. The molecule has 0 aliphatic rings. The van der Waals surface area contributed by atoms with Crippen LogP contribution in [0.4, 0.5) is 11.6 Å². The molecule has 7 N–H and O–H groups in total. The number of rotatable bonds is 1. The topological polar surface area (TPSA) is 121 Å². The van der Waals surface area contributed by atoms with Crippen molar-refractivity contribution in [3.63, 3.8) is 0 Å². The molecule has 1 aromatic heterocycles. The number of fused-ring (bicyclic) bond motifs is 1. The Balaban J connectivity index is 2.74. The van der Waals surface area contributed by atoms with E-state index in [1.807, 2.05) is 0 Å². The molecule has 0 amide bonds. The van der Waals surface area contributed by atoms with Gasteiger partial charge in [-0.1, -0.05) is 6.07 Å². The lowest BCUT2D eigenvalue weighted by Gasteiger charge is -2.03. The van der Waals surface area contributed by atoms with Crippen LogP contribution >= 0.6 is 0 Å². The molecule has 0 atom stereocenters. The highest BCUT2D eigenvalue weighted by Crippen LogP contribution is 2.17. The Labute approximate surface area is 79.7 Å². The summed E-state index contributed by atoms with van der Waals surface area (Å²) in [6.07, 6.45) is 0. The van der Waals surface area contributed by atoms with Gasteiger partial charge in [-0.3, -0.25) is 0 Å². The van der Waals surface area contributed by atoms with Crippen LogP contribution in [0.1, 0.15) is 0 Å². The van der Waals surface area contributed by atoms with E-state index in [2.05, 4.69) is 9.97 Å². The van der Waals surface area contributed by atoms with E-state index in [0.29, 0.717) is 11.0 Å². The Morgan fingerprint density at radius 3 is 2.64 bits per heavy atom. The molecule has 1 heterocycles. The largest absolute Gasteiger partial charge is 0.490 e. The van der Waals surface area contributed by atoms with E-state index in [1.165, 1.54) is 6.07 Å². The fourth-order valence-electron chi connectivity index (χ4n) is 1.36. The Kier molecular flexibility index (Phi) is 1.83. The van der Waals surface area contributed by atoms with Crippen molar-refractivity contribution in [2.75, 3.05) is 11.5 Å². The number of aromatic nitrogens is 2. The third kappa shape index (κ3) is 1.19. The number of hydrogen-bond acceptors (Lipinski definition) is 5. The molecule has 7 heteroatoms. The average molecular weight is 192 g/mol. The number of nitrogens with two attached hydrogens (primary N) is 2. The summed E-state index contributed by atoms with van der Waals surface area (Å²) in [6.45, 7) is 0. The molecular weight excluding hydrogens is 183 g/mol. The highest BCUT2D eigenvalue weighted by atomic mass is 16.4. The molecular formula is C7H9BN4O2. The summed E-state index contributed by atoms with van der Waals surface area (Å²) in [5, 5.41) is 18.0. The predicted molar refractivity (Wildman–Crippen MR) is 54.7 cm³/mol. The summed E-state index contributed by atoms with van der Waals surface area (Å²) >= 11 is 0. The lowest BCUT2D eigenvalue weighted by atomic mass is 9.79. The highest BCUT2D eigenvalue weighted by Gasteiger charge is 2.17. The fourth-order valence-corrected chi connectivity index (χ4v) is 1.36. The molecule has 0 saturated carbocycles. The van der Waals surface area contributed by atoms with Gasteiger partial charge in [0.15, 0.2) is 5.95 Å². The molecule has 2 rings (SSSR count). The van der Waals surface area contributed by atoms with E-state index >= 15 is 0 Å². The molecule has 0 unspecified atom stereocenters. The normalized spacial score (nSPS) is 10.7. The first kappa shape index (κ1) is 8.85. The van der Waals surface area contributed by atoms with Crippen LogP contribution in [0.5, 0.6) is 0 Å². The Morgan fingerprint density at radius 2 is 2.00 bits per heavy atom. The van der Waals surface area contributed by atoms with Gasteiger partial charge < -0.3 is 26.5 Å². The van der Waals surface area contributed by atoms with Crippen LogP contribution in [0.25, 0.3) is 11.0 Å². The summed E-state index contributed by atoms with van der Waals surface area (Å²) in [6, 6.07) is 3.16. The summed E-state index contributed by atoms with van der Waals surface area (Å²) in [7, 11) is -1.60. The molecule has 2 aromatic rings. The molecule has 72 valence electrons. The summed E-state index contributed by atoms with van der Waals surface area (Å²) < 4.78 is 0. The van der Waals surface area contributed by atoms with Crippen molar-refractivity contribution in [3.8, 4) is 0 Å². The van der Waals surface area contributed by atoms with E-state index in [1.54, 1.807) is 6.07 Å². The van der Waals surface area contributed by atoms with Gasteiger partial charge in [-0.15, -0.1) is 0 Å².